The van der Waals surface area contributed by atoms with Gasteiger partial charge in [0.25, 0.3) is 0 Å². The van der Waals surface area contributed by atoms with Crippen LogP contribution in [0.3, 0.4) is 0 Å². The summed E-state index contributed by atoms with van der Waals surface area (Å²) in [6.07, 6.45) is 1.23. The van der Waals surface area contributed by atoms with Crippen LogP contribution in [-0.2, 0) is 4.79 Å². The van der Waals surface area contributed by atoms with E-state index in [9.17, 15) is 9.18 Å². The molecule has 3 rings (SSSR count). The first-order valence-electron chi connectivity index (χ1n) is 10.5. The SMILES string of the molecule is CCN(CC)CCN(C(=O)CCCSc1ccc(F)cc1)c1nc2ccc(Br)cc2s1. The molecule has 31 heavy (non-hydrogen) atoms. The summed E-state index contributed by atoms with van der Waals surface area (Å²) < 4.78 is 15.1. The third kappa shape index (κ3) is 7.00. The maximum Gasteiger partial charge on any atom is 0.228 e. The molecule has 8 heteroatoms. The molecule has 0 atom stereocenters. The lowest BCUT2D eigenvalue weighted by Crippen LogP contribution is -2.38. The lowest BCUT2D eigenvalue weighted by atomic mass is 10.3. The predicted molar refractivity (Wildman–Crippen MR) is 134 cm³/mol. The highest BCUT2D eigenvalue weighted by molar-refractivity contribution is 9.10. The molecular formula is C23H27BrFN3OS2. The lowest BCUT2D eigenvalue weighted by molar-refractivity contribution is -0.118. The zero-order valence-electron chi connectivity index (χ0n) is 17.8. The fourth-order valence-electron chi connectivity index (χ4n) is 3.19. The van der Waals surface area contributed by atoms with Crippen LogP contribution < -0.4 is 4.90 Å². The molecule has 1 amide bonds. The largest absolute Gasteiger partial charge is 0.302 e. The molecule has 166 valence electrons. The van der Waals surface area contributed by atoms with Gasteiger partial charge in [-0.3, -0.25) is 9.69 Å². The van der Waals surface area contributed by atoms with Crippen LogP contribution in [0.5, 0.6) is 0 Å². The van der Waals surface area contributed by atoms with E-state index in [4.69, 9.17) is 4.98 Å². The van der Waals surface area contributed by atoms with E-state index >= 15 is 0 Å². The fraction of sp³-hybridized carbons (Fsp3) is 0.391. The van der Waals surface area contributed by atoms with Crippen LogP contribution >= 0.6 is 39.0 Å². The van der Waals surface area contributed by atoms with E-state index in [1.54, 1.807) is 35.2 Å². The number of thioether (sulfide) groups is 1. The number of nitrogens with zero attached hydrogens (tertiary/aromatic N) is 3. The smallest absolute Gasteiger partial charge is 0.228 e. The van der Waals surface area contributed by atoms with Gasteiger partial charge in [-0.25, -0.2) is 9.37 Å². The molecule has 2 aromatic carbocycles. The molecule has 0 aliphatic rings. The number of hydrogen-bond acceptors (Lipinski definition) is 5. The third-order valence-corrected chi connectivity index (χ3v) is 7.66. The first-order chi connectivity index (χ1) is 15.0. The summed E-state index contributed by atoms with van der Waals surface area (Å²) in [5.41, 5.74) is 0.913. The van der Waals surface area contributed by atoms with E-state index in [0.717, 1.165) is 56.5 Å². The number of likely N-dealkylation sites (N-methyl/N-ethyl adjacent to an activating group) is 1. The molecule has 0 radical (unpaired) electrons. The summed E-state index contributed by atoms with van der Waals surface area (Å²) in [6.45, 7) is 7.64. The molecule has 0 unspecified atom stereocenters. The highest BCUT2D eigenvalue weighted by atomic mass is 79.9. The Morgan fingerprint density at radius 2 is 1.87 bits per heavy atom. The van der Waals surface area contributed by atoms with Gasteiger partial charge in [0.15, 0.2) is 5.13 Å². The van der Waals surface area contributed by atoms with Crippen LogP contribution in [0.2, 0.25) is 0 Å². The van der Waals surface area contributed by atoms with E-state index in [-0.39, 0.29) is 11.7 Å². The van der Waals surface area contributed by atoms with Crippen molar-refractivity contribution in [2.24, 2.45) is 0 Å². The second kappa shape index (κ2) is 11.9. The van der Waals surface area contributed by atoms with E-state index in [2.05, 4.69) is 34.7 Å². The number of thiazole rings is 1. The number of benzene rings is 2. The third-order valence-electron chi connectivity index (χ3n) is 5.02. The van der Waals surface area contributed by atoms with Crippen LogP contribution in [-0.4, -0.2) is 47.7 Å². The number of carbonyl (C=O) groups is 1. The van der Waals surface area contributed by atoms with Gasteiger partial charge in [0, 0.05) is 28.9 Å². The van der Waals surface area contributed by atoms with Crippen LogP contribution in [0, 0.1) is 5.82 Å². The average Bonchev–Trinajstić information content (AvgIpc) is 3.18. The first kappa shape index (κ1) is 24.2. The molecule has 4 nitrogen and oxygen atoms in total. The van der Waals surface area contributed by atoms with Crippen LogP contribution in [0.25, 0.3) is 10.2 Å². The zero-order chi connectivity index (χ0) is 22.2. The summed E-state index contributed by atoms with van der Waals surface area (Å²) in [5, 5.41) is 0.761. The molecule has 0 saturated carbocycles. The van der Waals surface area contributed by atoms with Gasteiger partial charge in [-0.2, -0.15) is 0 Å². The summed E-state index contributed by atoms with van der Waals surface area (Å²) >= 11 is 6.71. The Bertz CT molecular complexity index is 992. The number of anilines is 1. The number of carbonyl (C=O) groups excluding carboxylic acids is 1. The van der Waals surface area contributed by atoms with E-state index in [1.165, 1.54) is 12.1 Å². The van der Waals surface area contributed by atoms with Gasteiger partial charge in [-0.15, -0.1) is 11.8 Å². The number of rotatable bonds is 11. The van der Waals surface area contributed by atoms with Gasteiger partial charge in [0.1, 0.15) is 5.82 Å². The highest BCUT2D eigenvalue weighted by Crippen LogP contribution is 2.31. The highest BCUT2D eigenvalue weighted by Gasteiger charge is 2.20. The molecule has 0 bridgehead atoms. The molecule has 0 N–H and O–H groups in total. The molecule has 1 heterocycles. The van der Waals surface area contributed by atoms with Gasteiger partial charge >= 0.3 is 0 Å². The van der Waals surface area contributed by atoms with Gasteiger partial charge in [-0.1, -0.05) is 41.1 Å². The van der Waals surface area contributed by atoms with Crippen LogP contribution in [0.1, 0.15) is 26.7 Å². The van der Waals surface area contributed by atoms with Gasteiger partial charge in [0.05, 0.1) is 10.2 Å². The van der Waals surface area contributed by atoms with Crippen molar-refractivity contribution in [1.29, 1.82) is 0 Å². The second-order valence-corrected chi connectivity index (χ2v) is 10.2. The minimum Gasteiger partial charge on any atom is -0.302 e. The van der Waals surface area contributed by atoms with Crippen LogP contribution in [0.4, 0.5) is 9.52 Å². The normalized spacial score (nSPS) is 11.4. The van der Waals surface area contributed by atoms with Crippen molar-refractivity contribution in [3.8, 4) is 0 Å². The molecule has 0 spiro atoms. The number of halogens is 2. The fourth-order valence-corrected chi connectivity index (χ4v) is 5.60. The van der Waals surface area contributed by atoms with Crippen molar-refractivity contribution in [2.45, 2.75) is 31.6 Å². The average molecular weight is 525 g/mol. The molecule has 1 aromatic heterocycles. The van der Waals surface area contributed by atoms with E-state index in [1.807, 2.05) is 23.1 Å². The van der Waals surface area contributed by atoms with Gasteiger partial charge in [0.2, 0.25) is 5.91 Å². The minimum absolute atomic E-state index is 0.102. The molecule has 3 aromatic rings. The number of amides is 1. The summed E-state index contributed by atoms with van der Waals surface area (Å²) in [7, 11) is 0. The Morgan fingerprint density at radius 1 is 1.13 bits per heavy atom. The standard InChI is InChI=1S/C23H27BrFN3OS2/c1-3-27(4-2)13-14-28(23-26-20-12-7-17(24)16-21(20)31-23)22(29)6-5-15-30-19-10-8-18(25)9-11-19/h7-12,16H,3-6,13-15H2,1-2H3. The van der Waals surface area contributed by atoms with Gasteiger partial charge < -0.3 is 4.90 Å². The Labute approximate surface area is 200 Å². The van der Waals surface area contributed by atoms with Gasteiger partial charge in [-0.05, 0) is 67.7 Å². The van der Waals surface area contributed by atoms with Crippen molar-refractivity contribution in [2.75, 3.05) is 36.8 Å². The Hall–Kier alpha value is -1.48. The number of aromatic nitrogens is 1. The molecule has 0 fully saturated rings. The molecular weight excluding hydrogens is 497 g/mol. The first-order valence-corrected chi connectivity index (χ1v) is 13.1. The number of fused-ring (bicyclic) bond motifs is 1. The summed E-state index contributed by atoms with van der Waals surface area (Å²) in [6, 6.07) is 12.5. The topological polar surface area (TPSA) is 36.4 Å². The van der Waals surface area contributed by atoms with E-state index < -0.39 is 0 Å². The molecule has 0 saturated heterocycles. The van der Waals surface area contributed by atoms with Crippen molar-refractivity contribution >= 4 is 60.3 Å². The zero-order valence-corrected chi connectivity index (χ0v) is 21.0. The lowest BCUT2D eigenvalue weighted by Gasteiger charge is -2.24. The van der Waals surface area contributed by atoms with E-state index in [0.29, 0.717) is 13.0 Å². The summed E-state index contributed by atoms with van der Waals surface area (Å²) in [5.74, 6) is 0.685. The van der Waals surface area contributed by atoms with Crippen molar-refractivity contribution in [3.63, 3.8) is 0 Å². The van der Waals surface area contributed by atoms with Crippen molar-refractivity contribution in [3.05, 3.63) is 52.8 Å². The number of hydrogen-bond donors (Lipinski definition) is 0. The monoisotopic (exact) mass is 523 g/mol. The maximum absolute atomic E-state index is 13.1. The summed E-state index contributed by atoms with van der Waals surface area (Å²) in [4.78, 5) is 23.0. The van der Waals surface area contributed by atoms with Crippen molar-refractivity contribution < 1.29 is 9.18 Å². The Morgan fingerprint density at radius 3 is 2.58 bits per heavy atom. The maximum atomic E-state index is 13.1. The van der Waals surface area contributed by atoms with Crippen molar-refractivity contribution in [1.82, 2.24) is 9.88 Å². The molecule has 0 aliphatic carbocycles. The Kier molecular flexibility index (Phi) is 9.31. The minimum atomic E-state index is -0.230. The van der Waals surface area contributed by atoms with Crippen LogP contribution in [0.15, 0.2) is 51.8 Å². The Balaban J connectivity index is 1.65. The molecule has 0 aliphatic heterocycles. The predicted octanol–water partition coefficient (Wildman–Crippen LogP) is 6.45. The quantitative estimate of drug-likeness (QED) is 0.214. The second-order valence-electron chi connectivity index (χ2n) is 7.09.